The van der Waals surface area contributed by atoms with Crippen molar-refractivity contribution in [1.29, 1.82) is 0 Å². The van der Waals surface area contributed by atoms with E-state index in [0.717, 1.165) is 37.4 Å². The number of aromatic nitrogens is 5. The van der Waals surface area contributed by atoms with Gasteiger partial charge in [-0.1, -0.05) is 22.9 Å². The fourth-order valence-electron chi connectivity index (χ4n) is 3.82. The monoisotopic (exact) mass is 492 g/mol. The van der Waals surface area contributed by atoms with Crippen molar-refractivity contribution in [2.45, 2.75) is 0 Å². The van der Waals surface area contributed by atoms with E-state index in [4.69, 9.17) is 11.6 Å². The summed E-state index contributed by atoms with van der Waals surface area (Å²) in [5.41, 5.74) is 3.47. The molecule has 178 valence electrons. The molecule has 4 heterocycles. The van der Waals surface area contributed by atoms with E-state index in [1.807, 2.05) is 6.20 Å². The number of hydrogen-bond donors (Lipinski definition) is 1. The molecular weight excluding hydrogens is 471 g/mol. The molecule has 0 atom stereocenters. The van der Waals surface area contributed by atoms with Gasteiger partial charge in [-0.15, -0.1) is 5.10 Å². The second-order valence-corrected chi connectivity index (χ2v) is 8.64. The van der Waals surface area contributed by atoms with E-state index >= 15 is 0 Å². The zero-order valence-electron chi connectivity index (χ0n) is 18.9. The first-order chi connectivity index (χ1) is 17.0. The van der Waals surface area contributed by atoms with Crippen LogP contribution in [0.15, 0.2) is 61.1 Å². The summed E-state index contributed by atoms with van der Waals surface area (Å²) in [5, 5.41) is 11.6. The number of nitrogens with zero attached hydrogens (tertiary/aromatic N) is 7. The number of benzene rings is 1. The van der Waals surface area contributed by atoms with Crippen molar-refractivity contribution >= 4 is 28.9 Å². The number of hydrogen-bond acceptors (Lipinski definition) is 7. The summed E-state index contributed by atoms with van der Waals surface area (Å²) in [6, 6.07) is 11.0. The van der Waals surface area contributed by atoms with Gasteiger partial charge in [-0.05, 0) is 43.4 Å². The first-order valence-electron chi connectivity index (χ1n) is 11.0. The minimum absolute atomic E-state index is 0.0303. The van der Waals surface area contributed by atoms with Crippen molar-refractivity contribution in [3.63, 3.8) is 0 Å². The molecule has 1 aliphatic rings. The number of anilines is 2. The minimum atomic E-state index is -0.726. The molecule has 11 heteroatoms. The molecule has 0 aliphatic carbocycles. The van der Waals surface area contributed by atoms with Gasteiger partial charge >= 0.3 is 0 Å². The Hall–Kier alpha value is -3.89. The lowest BCUT2D eigenvalue weighted by atomic mass is 10.2. The summed E-state index contributed by atoms with van der Waals surface area (Å²) in [6.45, 7) is 3.88. The molecule has 9 nitrogen and oxygen atoms in total. The Bertz CT molecular complexity index is 1370. The largest absolute Gasteiger partial charge is 0.368 e. The highest BCUT2D eigenvalue weighted by Gasteiger charge is 2.17. The number of carbonyl (C=O) groups is 1. The topological polar surface area (TPSA) is 92.1 Å². The van der Waals surface area contributed by atoms with Gasteiger partial charge in [0.2, 0.25) is 5.95 Å². The van der Waals surface area contributed by atoms with Crippen molar-refractivity contribution < 1.29 is 9.18 Å². The molecule has 5 rings (SSSR count). The Balaban J connectivity index is 1.37. The lowest BCUT2D eigenvalue weighted by molar-refractivity contribution is 0.102. The lowest BCUT2D eigenvalue weighted by Crippen LogP contribution is -2.44. The zero-order chi connectivity index (χ0) is 24.4. The number of halogens is 2. The summed E-state index contributed by atoms with van der Waals surface area (Å²) in [7, 11) is 2.12. The van der Waals surface area contributed by atoms with E-state index in [2.05, 4.69) is 48.5 Å². The molecule has 1 saturated heterocycles. The summed E-state index contributed by atoms with van der Waals surface area (Å²) in [4.78, 5) is 25.1. The highest BCUT2D eigenvalue weighted by molar-refractivity contribution is 6.32. The van der Waals surface area contributed by atoms with Crippen LogP contribution in [0.3, 0.4) is 0 Å². The van der Waals surface area contributed by atoms with Crippen LogP contribution in [0.5, 0.6) is 0 Å². The van der Waals surface area contributed by atoms with Gasteiger partial charge < -0.3 is 15.1 Å². The normalized spacial score (nSPS) is 14.2. The third-order valence-electron chi connectivity index (χ3n) is 5.78. The maximum atomic E-state index is 13.4. The third kappa shape index (κ3) is 5.13. The van der Waals surface area contributed by atoms with Gasteiger partial charge in [0.1, 0.15) is 11.4 Å². The number of nitrogens with one attached hydrogen (secondary N) is 1. The third-order valence-corrected chi connectivity index (χ3v) is 6.10. The Labute approximate surface area is 206 Å². The molecule has 4 aromatic rings. The molecule has 3 aromatic heterocycles. The number of likely N-dealkylation sites (N-methyl/N-ethyl adjacent to an activating group) is 1. The van der Waals surface area contributed by atoms with Crippen LogP contribution >= 0.6 is 11.6 Å². The van der Waals surface area contributed by atoms with Crippen LogP contribution in [-0.2, 0) is 0 Å². The highest BCUT2D eigenvalue weighted by atomic mass is 35.5. The number of piperazine rings is 1. The molecule has 35 heavy (non-hydrogen) atoms. The molecule has 0 radical (unpaired) electrons. The number of amides is 1. The maximum absolute atomic E-state index is 13.4. The van der Waals surface area contributed by atoms with Crippen molar-refractivity contribution in [2.75, 3.05) is 43.4 Å². The number of pyridine rings is 2. The summed E-state index contributed by atoms with van der Waals surface area (Å²) in [6.07, 6.45) is 5.36. The van der Waals surface area contributed by atoms with Crippen LogP contribution in [0.2, 0.25) is 5.02 Å². The van der Waals surface area contributed by atoms with Gasteiger partial charge in [0.05, 0.1) is 28.8 Å². The van der Waals surface area contributed by atoms with Crippen molar-refractivity contribution in [2.24, 2.45) is 0 Å². The van der Waals surface area contributed by atoms with E-state index < -0.39 is 11.9 Å². The SMILES string of the molecule is CN1CCN(c2cncc(-c3cn(-c4cc(NC(=O)c5cccc(F)n5)ccc4Cl)nn3)c2)CC1. The fourth-order valence-corrected chi connectivity index (χ4v) is 4.02. The first kappa shape index (κ1) is 22.9. The zero-order valence-corrected chi connectivity index (χ0v) is 19.7. The molecule has 1 amide bonds. The molecule has 1 fully saturated rings. The fraction of sp³-hybridized carbons (Fsp3) is 0.208. The number of rotatable bonds is 5. The van der Waals surface area contributed by atoms with Gasteiger partial charge in [-0.2, -0.15) is 4.39 Å². The Morgan fingerprint density at radius 3 is 2.71 bits per heavy atom. The van der Waals surface area contributed by atoms with Crippen LogP contribution < -0.4 is 10.2 Å². The van der Waals surface area contributed by atoms with Gasteiger partial charge in [-0.25, -0.2) is 9.67 Å². The van der Waals surface area contributed by atoms with E-state index in [1.54, 1.807) is 30.6 Å². The molecule has 0 saturated carbocycles. The summed E-state index contributed by atoms with van der Waals surface area (Å²) < 4.78 is 14.9. The highest BCUT2D eigenvalue weighted by Crippen LogP contribution is 2.27. The second-order valence-electron chi connectivity index (χ2n) is 8.24. The molecule has 0 unspecified atom stereocenters. The molecule has 1 aliphatic heterocycles. The van der Waals surface area contributed by atoms with Crippen LogP contribution in [0.1, 0.15) is 10.5 Å². The Kier molecular flexibility index (Phi) is 6.39. The van der Waals surface area contributed by atoms with Gasteiger partial charge in [0, 0.05) is 43.6 Å². The Morgan fingerprint density at radius 2 is 1.91 bits per heavy atom. The minimum Gasteiger partial charge on any atom is -0.368 e. The van der Waals surface area contributed by atoms with Crippen LogP contribution in [0, 0.1) is 5.95 Å². The summed E-state index contributed by atoms with van der Waals surface area (Å²) in [5.74, 6) is -1.26. The van der Waals surface area contributed by atoms with Crippen LogP contribution in [0.4, 0.5) is 15.8 Å². The van der Waals surface area contributed by atoms with Gasteiger partial charge in [-0.3, -0.25) is 9.78 Å². The van der Waals surface area contributed by atoms with Crippen molar-refractivity contribution in [1.82, 2.24) is 29.9 Å². The molecule has 1 N–H and O–H groups in total. The molecule has 1 aromatic carbocycles. The molecular formula is C24H22ClFN8O. The molecule has 0 bridgehead atoms. The quantitative estimate of drug-likeness (QED) is 0.426. The average molecular weight is 493 g/mol. The predicted octanol–water partition coefficient (Wildman–Crippen LogP) is 3.52. The number of carbonyl (C=O) groups excluding carboxylic acids is 1. The maximum Gasteiger partial charge on any atom is 0.274 e. The van der Waals surface area contributed by atoms with Gasteiger partial charge in [0.25, 0.3) is 5.91 Å². The summed E-state index contributed by atoms with van der Waals surface area (Å²) >= 11 is 6.41. The second kappa shape index (κ2) is 9.77. The standard InChI is InChI=1S/C24H22ClFN8O/c1-32-7-9-33(10-8-32)18-11-16(13-27-14-18)21-15-34(31-30-21)22-12-17(5-6-19(22)25)28-24(35)20-3-2-4-23(26)29-20/h2-6,11-15H,7-10H2,1H3,(H,28,35). The average Bonchev–Trinajstić information content (AvgIpc) is 3.36. The van der Waals surface area contributed by atoms with E-state index in [0.29, 0.717) is 22.1 Å². The predicted molar refractivity (Wildman–Crippen MR) is 131 cm³/mol. The van der Waals surface area contributed by atoms with Gasteiger partial charge in [0.15, 0.2) is 0 Å². The van der Waals surface area contributed by atoms with E-state index in [9.17, 15) is 9.18 Å². The lowest BCUT2D eigenvalue weighted by Gasteiger charge is -2.33. The smallest absolute Gasteiger partial charge is 0.274 e. The van der Waals surface area contributed by atoms with E-state index in [-0.39, 0.29) is 5.69 Å². The Morgan fingerprint density at radius 1 is 1.09 bits per heavy atom. The van der Waals surface area contributed by atoms with E-state index in [1.165, 1.54) is 22.9 Å². The first-order valence-corrected chi connectivity index (χ1v) is 11.4. The van der Waals surface area contributed by atoms with Crippen LogP contribution in [-0.4, -0.2) is 69.0 Å². The van der Waals surface area contributed by atoms with Crippen molar-refractivity contribution in [3.05, 3.63) is 77.7 Å². The molecule has 0 spiro atoms. The van der Waals surface area contributed by atoms with Crippen LogP contribution in [0.25, 0.3) is 16.9 Å². The van der Waals surface area contributed by atoms with Crippen molar-refractivity contribution in [3.8, 4) is 16.9 Å².